The fraction of sp³-hybridized carbons (Fsp3) is 0.667. The van der Waals surface area contributed by atoms with Gasteiger partial charge in [-0.3, -0.25) is 0 Å². The minimum absolute atomic E-state index is 0.000637. The Bertz CT molecular complexity index is 369. The Kier molecular flexibility index (Phi) is 4.04. The molecule has 1 fully saturated rings. The van der Waals surface area contributed by atoms with E-state index in [-0.39, 0.29) is 12.2 Å². The van der Waals surface area contributed by atoms with E-state index in [2.05, 4.69) is 16.9 Å². The molecule has 5 heteroatoms. The molecule has 94 valence electrons. The minimum Gasteiger partial charge on any atom is -0.367 e. The molecule has 2 unspecified atom stereocenters. The fourth-order valence-electron chi connectivity index (χ4n) is 2.01. The van der Waals surface area contributed by atoms with E-state index in [0.29, 0.717) is 5.82 Å². The van der Waals surface area contributed by atoms with Crippen LogP contribution in [-0.4, -0.2) is 30.3 Å². The Morgan fingerprint density at radius 2 is 2.12 bits per heavy atom. The minimum atomic E-state index is -0.449. The van der Waals surface area contributed by atoms with Crippen LogP contribution in [0.4, 0.5) is 0 Å². The van der Waals surface area contributed by atoms with Gasteiger partial charge in [0.2, 0.25) is 6.29 Å². The molecular weight excluding hydrogens is 220 g/mol. The number of nitrogens with zero attached hydrogens (tertiary/aromatic N) is 2. The van der Waals surface area contributed by atoms with Crippen molar-refractivity contribution >= 4 is 0 Å². The van der Waals surface area contributed by atoms with Crippen molar-refractivity contribution in [3.05, 3.63) is 23.8 Å². The van der Waals surface area contributed by atoms with Gasteiger partial charge in [0.25, 0.3) is 0 Å². The second-order valence-corrected chi connectivity index (χ2v) is 4.16. The Morgan fingerprint density at radius 3 is 2.71 bits per heavy atom. The highest BCUT2D eigenvalue weighted by molar-refractivity contribution is 5.06. The van der Waals surface area contributed by atoms with Gasteiger partial charge in [-0.25, -0.2) is 9.97 Å². The van der Waals surface area contributed by atoms with Gasteiger partial charge in [-0.15, -0.1) is 0 Å². The zero-order chi connectivity index (χ0) is 12.3. The topological polar surface area (TPSA) is 53.5 Å². The summed E-state index contributed by atoms with van der Waals surface area (Å²) in [4.78, 5) is 8.70. The molecule has 0 aliphatic carbocycles. The van der Waals surface area contributed by atoms with E-state index in [4.69, 9.17) is 14.2 Å². The molecule has 2 heterocycles. The molecular formula is C12H18N2O3. The lowest BCUT2D eigenvalue weighted by Gasteiger charge is -2.15. The normalized spacial score (nSPS) is 24.5. The monoisotopic (exact) mass is 238 g/mol. The number of rotatable bonds is 4. The Hall–Kier alpha value is -1.04. The number of ether oxygens (including phenoxy) is 3. The van der Waals surface area contributed by atoms with Crippen LogP contribution in [0, 0.1) is 0 Å². The number of hydrogen-bond acceptors (Lipinski definition) is 5. The summed E-state index contributed by atoms with van der Waals surface area (Å²) in [5.74, 6) is 0.714. The molecule has 1 aliphatic rings. The van der Waals surface area contributed by atoms with Gasteiger partial charge in [0, 0.05) is 20.4 Å². The van der Waals surface area contributed by atoms with E-state index in [1.807, 2.05) is 0 Å². The van der Waals surface area contributed by atoms with Crippen molar-refractivity contribution in [2.24, 2.45) is 0 Å². The quantitative estimate of drug-likeness (QED) is 0.751. The summed E-state index contributed by atoms with van der Waals surface area (Å²) in [5, 5.41) is 0. The van der Waals surface area contributed by atoms with Gasteiger partial charge in [-0.2, -0.15) is 0 Å². The van der Waals surface area contributed by atoms with Gasteiger partial charge in [-0.05, 0) is 25.8 Å². The molecule has 0 spiro atoms. The molecule has 0 saturated carbocycles. The van der Waals surface area contributed by atoms with Crippen LogP contribution < -0.4 is 0 Å². The average Bonchev–Trinajstić information content (AvgIpc) is 2.78. The summed E-state index contributed by atoms with van der Waals surface area (Å²) in [6.07, 6.45) is 3.57. The van der Waals surface area contributed by atoms with Crippen LogP contribution in [0.25, 0.3) is 0 Å². The zero-order valence-corrected chi connectivity index (χ0v) is 10.4. The number of hydrogen-bond donors (Lipinski definition) is 0. The lowest BCUT2D eigenvalue weighted by Crippen LogP contribution is -2.11. The molecule has 0 aromatic carbocycles. The maximum atomic E-state index is 5.74. The molecule has 1 aromatic heterocycles. The number of methoxy groups -OCH3 is 2. The first kappa shape index (κ1) is 12.4. The van der Waals surface area contributed by atoms with Crippen molar-refractivity contribution in [2.75, 3.05) is 14.2 Å². The molecule has 0 radical (unpaired) electrons. The first-order valence-electron chi connectivity index (χ1n) is 5.78. The maximum absolute atomic E-state index is 5.74. The van der Waals surface area contributed by atoms with Gasteiger partial charge in [-0.1, -0.05) is 0 Å². The third kappa shape index (κ3) is 2.80. The van der Waals surface area contributed by atoms with E-state index in [0.717, 1.165) is 18.5 Å². The van der Waals surface area contributed by atoms with E-state index in [1.54, 1.807) is 26.5 Å². The van der Waals surface area contributed by atoms with Gasteiger partial charge >= 0.3 is 0 Å². The van der Waals surface area contributed by atoms with Crippen LogP contribution in [0.3, 0.4) is 0 Å². The third-order valence-corrected chi connectivity index (χ3v) is 2.89. The smallest absolute Gasteiger partial charge is 0.200 e. The highest BCUT2D eigenvalue weighted by Crippen LogP contribution is 2.30. The van der Waals surface area contributed by atoms with E-state index in [9.17, 15) is 0 Å². The summed E-state index contributed by atoms with van der Waals surface area (Å²) >= 11 is 0. The molecule has 0 N–H and O–H groups in total. The van der Waals surface area contributed by atoms with Crippen molar-refractivity contribution in [1.29, 1.82) is 0 Å². The predicted molar refractivity (Wildman–Crippen MR) is 61.3 cm³/mol. The summed E-state index contributed by atoms with van der Waals surface area (Å²) in [6, 6.07) is 1.79. The Labute approximate surface area is 101 Å². The Balaban J connectivity index is 2.16. The molecule has 2 rings (SSSR count). The van der Waals surface area contributed by atoms with Crippen LogP contribution in [0.1, 0.15) is 43.7 Å². The molecule has 1 aromatic rings. The average molecular weight is 238 g/mol. The van der Waals surface area contributed by atoms with Crippen LogP contribution in [-0.2, 0) is 14.2 Å². The van der Waals surface area contributed by atoms with E-state index >= 15 is 0 Å². The molecule has 17 heavy (non-hydrogen) atoms. The SMILES string of the molecule is COC(OC)c1ccnc(C2CCC(C)O2)n1. The van der Waals surface area contributed by atoms with Gasteiger partial charge in [0.15, 0.2) is 5.82 Å². The van der Waals surface area contributed by atoms with Crippen LogP contribution in [0.15, 0.2) is 12.3 Å². The molecule has 0 bridgehead atoms. The second kappa shape index (κ2) is 5.53. The highest BCUT2D eigenvalue weighted by Gasteiger charge is 2.26. The molecule has 0 amide bonds. The summed E-state index contributed by atoms with van der Waals surface area (Å²) in [7, 11) is 3.17. The first-order valence-corrected chi connectivity index (χ1v) is 5.78. The van der Waals surface area contributed by atoms with Crippen LogP contribution >= 0.6 is 0 Å². The van der Waals surface area contributed by atoms with Crippen LogP contribution in [0.5, 0.6) is 0 Å². The number of aromatic nitrogens is 2. The van der Waals surface area contributed by atoms with Crippen molar-refractivity contribution in [1.82, 2.24) is 9.97 Å². The van der Waals surface area contributed by atoms with Gasteiger partial charge < -0.3 is 14.2 Å². The molecule has 1 saturated heterocycles. The van der Waals surface area contributed by atoms with Crippen molar-refractivity contribution in [3.63, 3.8) is 0 Å². The largest absolute Gasteiger partial charge is 0.367 e. The standard InChI is InChI=1S/C12H18N2O3/c1-8-4-5-10(17-8)11-13-7-6-9(14-11)12(15-2)16-3/h6-8,10,12H,4-5H2,1-3H3. The lowest BCUT2D eigenvalue weighted by molar-refractivity contribution is -0.109. The third-order valence-electron chi connectivity index (χ3n) is 2.89. The summed E-state index contributed by atoms with van der Waals surface area (Å²) < 4.78 is 16.1. The molecule has 5 nitrogen and oxygen atoms in total. The molecule has 1 aliphatic heterocycles. The summed E-state index contributed by atoms with van der Waals surface area (Å²) in [5.41, 5.74) is 0.725. The lowest BCUT2D eigenvalue weighted by atomic mass is 10.2. The van der Waals surface area contributed by atoms with Crippen molar-refractivity contribution < 1.29 is 14.2 Å². The van der Waals surface area contributed by atoms with Crippen molar-refractivity contribution in [3.8, 4) is 0 Å². The molecule has 2 atom stereocenters. The summed E-state index contributed by atoms with van der Waals surface area (Å²) in [6.45, 7) is 2.07. The Morgan fingerprint density at radius 1 is 1.35 bits per heavy atom. The van der Waals surface area contributed by atoms with Crippen molar-refractivity contribution in [2.45, 2.75) is 38.3 Å². The zero-order valence-electron chi connectivity index (χ0n) is 10.4. The highest BCUT2D eigenvalue weighted by atomic mass is 16.7. The van der Waals surface area contributed by atoms with Crippen LogP contribution in [0.2, 0.25) is 0 Å². The predicted octanol–water partition coefficient (Wildman–Crippen LogP) is 2.01. The van der Waals surface area contributed by atoms with Gasteiger partial charge in [0.05, 0.1) is 6.10 Å². The first-order chi connectivity index (χ1) is 8.24. The van der Waals surface area contributed by atoms with E-state index < -0.39 is 6.29 Å². The second-order valence-electron chi connectivity index (χ2n) is 4.16. The fourth-order valence-corrected chi connectivity index (χ4v) is 2.01. The van der Waals surface area contributed by atoms with E-state index in [1.165, 1.54) is 0 Å². The van der Waals surface area contributed by atoms with Gasteiger partial charge in [0.1, 0.15) is 11.8 Å². The maximum Gasteiger partial charge on any atom is 0.200 e.